The van der Waals surface area contributed by atoms with Crippen molar-refractivity contribution < 1.29 is 14.3 Å². The van der Waals surface area contributed by atoms with Gasteiger partial charge in [0.05, 0.1) is 11.9 Å². The van der Waals surface area contributed by atoms with Crippen LogP contribution >= 0.6 is 15.9 Å². The van der Waals surface area contributed by atoms with E-state index in [2.05, 4.69) is 31.4 Å². The summed E-state index contributed by atoms with van der Waals surface area (Å²) in [6.07, 6.45) is -0.264. The van der Waals surface area contributed by atoms with Crippen LogP contribution in [0.5, 0.6) is 5.75 Å². The molecule has 2 amide bonds. The molecule has 0 saturated carbocycles. The van der Waals surface area contributed by atoms with Crippen molar-refractivity contribution in [2.75, 3.05) is 19.4 Å². The van der Waals surface area contributed by atoms with E-state index in [9.17, 15) is 9.59 Å². The molecule has 0 bridgehead atoms. The van der Waals surface area contributed by atoms with Gasteiger partial charge in [0.1, 0.15) is 5.75 Å². The van der Waals surface area contributed by atoms with Gasteiger partial charge in [0.25, 0.3) is 0 Å². The van der Waals surface area contributed by atoms with Crippen LogP contribution in [0.25, 0.3) is 10.9 Å². The number of carbonyl (C=O) groups excluding carboxylic acids is 2. The lowest BCUT2D eigenvalue weighted by molar-refractivity contribution is -0.115. The maximum absolute atomic E-state index is 12.3. The predicted molar refractivity (Wildman–Crippen MR) is 102 cm³/mol. The Bertz CT molecular complexity index is 951. The van der Waals surface area contributed by atoms with Crippen molar-refractivity contribution in [2.45, 2.75) is 6.42 Å². The maximum Gasteiger partial charge on any atom is 0.414 e. The average Bonchev–Trinajstić information content (AvgIpc) is 2.98. The number of anilines is 1. The van der Waals surface area contributed by atoms with E-state index in [1.54, 1.807) is 38.4 Å². The van der Waals surface area contributed by atoms with E-state index < -0.39 is 6.09 Å². The van der Waals surface area contributed by atoms with Crippen molar-refractivity contribution in [1.82, 2.24) is 15.1 Å². The largest absolute Gasteiger partial charge is 0.414 e. The molecule has 1 heterocycles. The SMILES string of the molecule is CN(C)C(=O)Oc1ccc(CC(=O)Nc2n[nH]c3cc(Br)ccc23)cc1. The molecule has 7 nitrogen and oxygen atoms in total. The Balaban J connectivity index is 1.63. The molecule has 134 valence electrons. The third-order valence-corrected chi connectivity index (χ3v) is 4.13. The number of aromatic amines is 1. The third-order valence-electron chi connectivity index (χ3n) is 3.64. The molecule has 0 saturated heterocycles. The molecule has 26 heavy (non-hydrogen) atoms. The van der Waals surface area contributed by atoms with Crippen molar-refractivity contribution >= 4 is 44.7 Å². The van der Waals surface area contributed by atoms with E-state index in [0.717, 1.165) is 20.9 Å². The molecule has 0 unspecified atom stereocenters. The van der Waals surface area contributed by atoms with Crippen LogP contribution in [0.1, 0.15) is 5.56 Å². The second-order valence-electron chi connectivity index (χ2n) is 5.89. The molecule has 0 radical (unpaired) electrons. The Morgan fingerprint density at radius 3 is 2.62 bits per heavy atom. The Hall–Kier alpha value is -2.87. The quantitative estimate of drug-likeness (QED) is 0.680. The van der Waals surface area contributed by atoms with Crippen LogP contribution in [0, 0.1) is 0 Å². The lowest BCUT2D eigenvalue weighted by atomic mass is 10.1. The zero-order valence-corrected chi connectivity index (χ0v) is 15.8. The molecule has 3 aromatic rings. The zero-order chi connectivity index (χ0) is 18.7. The summed E-state index contributed by atoms with van der Waals surface area (Å²) in [5, 5.41) is 10.7. The van der Waals surface area contributed by atoms with Gasteiger partial charge in [-0.2, -0.15) is 5.10 Å². The van der Waals surface area contributed by atoms with Crippen molar-refractivity contribution in [2.24, 2.45) is 0 Å². The number of hydrogen-bond donors (Lipinski definition) is 2. The Morgan fingerprint density at radius 2 is 1.92 bits per heavy atom. The topological polar surface area (TPSA) is 87.3 Å². The first-order chi connectivity index (χ1) is 12.4. The molecule has 0 spiro atoms. The van der Waals surface area contributed by atoms with Gasteiger partial charge < -0.3 is 15.0 Å². The molecule has 8 heteroatoms. The summed E-state index contributed by atoms with van der Waals surface area (Å²) in [5.41, 5.74) is 1.64. The van der Waals surface area contributed by atoms with E-state index in [1.165, 1.54) is 4.90 Å². The number of aromatic nitrogens is 2. The summed E-state index contributed by atoms with van der Waals surface area (Å²) in [5.74, 6) is 0.741. The molecule has 2 aromatic carbocycles. The summed E-state index contributed by atoms with van der Waals surface area (Å²) < 4.78 is 6.08. The number of rotatable bonds is 4. The van der Waals surface area contributed by atoms with Crippen LogP contribution in [0.3, 0.4) is 0 Å². The van der Waals surface area contributed by atoms with Gasteiger partial charge in [-0.25, -0.2) is 4.79 Å². The van der Waals surface area contributed by atoms with Gasteiger partial charge in [0, 0.05) is 24.0 Å². The zero-order valence-electron chi connectivity index (χ0n) is 14.2. The van der Waals surface area contributed by atoms with Crippen LogP contribution in [-0.4, -0.2) is 41.2 Å². The number of ether oxygens (including phenoxy) is 1. The Morgan fingerprint density at radius 1 is 1.19 bits per heavy atom. The minimum Gasteiger partial charge on any atom is -0.410 e. The molecule has 3 rings (SSSR count). The van der Waals surface area contributed by atoms with Crippen molar-refractivity contribution in [3.8, 4) is 5.75 Å². The first-order valence-electron chi connectivity index (χ1n) is 7.84. The van der Waals surface area contributed by atoms with Gasteiger partial charge in [0.15, 0.2) is 5.82 Å². The lowest BCUT2D eigenvalue weighted by Gasteiger charge is -2.10. The highest BCUT2D eigenvalue weighted by atomic mass is 79.9. The highest BCUT2D eigenvalue weighted by molar-refractivity contribution is 9.10. The summed E-state index contributed by atoms with van der Waals surface area (Å²) in [7, 11) is 3.22. The number of nitrogens with zero attached hydrogens (tertiary/aromatic N) is 2. The van der Waals surface area contributed by atoms with E-state index in [1.807, 2.05) is 18.2 Å². The summed E-state index contributed by atoms with van der Waals surface area (Å²) >= 11 is 3.40. The number of halogens is 1. The van der Waals surface area contributed by atoms with Crippen molar-refractivity contribution in [3.05, 3.63) is 52.5 Å². The Kier molecular flexibility index (Phi) is 5.22. The molecule has 2 N–H and O–H groups in total. The van der Waals surface area contributed by atoms with Gasteiger partial charge in [-0.05, 0) is 35.9 Å². The van der Waals surface area contributed by atoms with E-state index in [0.29, 0.717) is 11.6 Å². The minimum atomic E-state index is -0.451. The van der Waals surface area contributed by atoms with Crippen LogP contribution in [0.2, 0.25) is 0 Å². The number of carbonyl (C=O) groups is 2. The molecule has 0 aliphatic rings. The molecular weight excluding hydrogens is 400 g/mol. The van der Waals surface area contributed by atoms with Crippen LogP contribution < -0.4 is 10.1 Å². The monoisotopic (exact) mass is 416 g/mol. The van der Waals surface area contributed by atoms with Gasteiger partial charge in [0.2, 0.25) is 5.91 Å². The normalized spacial score (nSPS) is 10.6. The number of hydrogen-bond acceptors (Lipinski definition) is 4. The smallest absolute Gasteiger partial charge is 0.410 e. The van der Waals surface area contributed by atoms with Crippen LogP contribution in [0.15, 0.2) is 46.9 Å². The number of benzene rings is 2. The fourth-order valence-electron chi connectivity index (χ4n) is 2.32. The number of nitrogens with one attached hydrogen (secondary N) is 2. The third kappa shape index (κ3) is 4.20. The average molecular weight is 417 g/mol. The fraction of sp³-hybridized carbons (Fsp3) is 0.167. The molecular formula is C18H17BrN4O3. The number of amides is 2. The molecule has 0 aliphatic heterocycles. The van der Waals surface area contributed by atoms with E-state index >= 15 is 0 Å². The first kappa shape index (κ1) is 17.9. The van der Waals surface area contributed by atoms with Crippen molar-refractivity contribution in [3.63, 3.8) is 0 Å². The minimum absolute atomic E-state index is 0.181. The number of fused-ring (bicyclic) bond motifs is 1. The van der Waals surface area contributed by atoms with Crippen molar-refractivity contribution in [1.29, 1.82) is 0 Å². The summed E-state index contributed by atoms with van der Waals surface area (Å²) in [6.45, 7) is 0. The van der Waals surface area contributed by atoms with Crippen LogP contribution in [0.4, 0.5) is 10.6 Å². The highest BCUT2D eigenvalue weighted by Crippen LogP contribution is 2.24. The van der Waals surface area contributed by atoms with Gasteiger partial charge in [-0.1, -0.05) is 28.1 Å². The maximum atomic E-state index is 12.3. The fourth-order valence-corrected chi connectivity index (χ4v) is 2.68. The standard InChI is InChI=1S/C18H17BrN4O3/c1-23(2)18(25)26-13-6-3-11(4-7-13)9-16(24)20-17-14-8-5-12(19)10-15(14)21-22-17/h3-8,10H,9H2,1-2H3,(H2,20,21,22,24). The van der Waals surface area contributed by atoms with E-state index in [-0.39, 0.29) is 12.3 Å². The summed E-state index contributed by atoms with van der Waals surface area (Å²) in [4.78, 5) is 25.1. The predicted octanol–water partition coefficient (Wildman–Crippen LogP) is 3.57. The second kappa shape index (κ2) is 7.57. The first-order valence-corrected chi connectivity index (χ1v) is 8.63. The van der Waals surface area contributed by atoms with Gasteiger partial charge in [-0.3, -0.25) is 9.89 Å². The highest BCUT2D eigenvalue weighted by Gasteiger charge is 2.11. The van der Waals surface area contributed by atoms with Gasteiger partial charge >= 0.3 is 6.09 Å². The molecule has 0 atom stereocenters. The lowest BCUT2D eigenvalue weighted by Crippen LogP contribution is -2.25. The number of H-pyrrole nitrogens is 1. The van der Waals surface area contributed by atoms with Crippen LogP contribution in [-0.2, 0) is 11.2 Å². The van der Waals surface area contributed by atoms with Gasteiger partial charge in [-0.15, -0.1) is 0 Å². The Labute approximate surface area is 158 Å². The molecule has 0 aliphatic carbocycles. The van der Waals surface area contributed by atoms with E-state index in [4.69, 9.17) is 4.74 Å². The second-order valence-corrected chi connectivity index (χ2v) is 6.81. The molecule has 1 aromatic heterocycles. The molecule has 0 fully saturated rings. The summed E-state index contributed by atoms with van der Waals surface area (Å²) in [6, 6.07) is 12.5.